The van der Waals surface area contributed by atoms with E-state index in [1.165, 1.54) is 50.6 Å². The number of carbonyl (C=O) groups excluding carboxylic acids is 1. The number of carbonyl (C=O) groups is 1. The Balaban J connectivity index is 2.31. The zero-order valence-corrected chi connectivity index (χ0v) is 13.5. The van der Waals surface area contributed by atoms with Gasteiger partial charge in [0, 0.05) is 5.56 Å². The zero-order chi connectivity index (χ0) is 18.4. The summed E-state index contributed by atoms with van der Waals surface area (Å²) in [6.07, 6.45) is 2.76. The van der Waals surface area contributed by atoms with Gasteiger partial charge in [0.15, 0.2) is 17.3 Å². The lowest BCUT2D eigenvalue weighted by atomic mass is 10.1. The van der Waals surface area contributed by atoms with Crippen LogP contribution >= 0.6 is 0 Å². The molecule has 0 saturated carbocycles. The lowest BCUT2D eigenvalue weighted by Crippen LogP contribution is -2.05. The third-order valence-corrected chi connectivity index (χ3v) is 3.25. The summed E-state index contributed by atoms with van der Waals surface area (Å²) in [6.45, 7) is -3.03. The highest BCUT2D eigenvalue weighted by Gasteiger charge is 2.17. The van der Waals surface area contributed by atoms with E-state index < -0.39 is 6.61 Å². The van der Waals surface area contributed by atoms with Crippen LogP contribution in [0.1, 0.15) is 15.9 Å². The van der Waals surface area contributed by atoms with Crippen LogP contribution < -0.4 is 14.2 Å². The van der Waals surface area contributed by atoms with E-state index in [4.69, 9.17) is 9.47 Å². The molecule has 0 unspecified atom stereocenters. The molecule has 0 atom stereocenters. The maximum absolute atomic E-state index is 12.5. The van der Waals surface area contributed by atoms with Crippen LogP contribution in [0.4, 0.5) is 8.78 Å². The number of allylic oxidation sites excluding steroid dienone is 1. The molecule has 0 fully saturated rings. The molecule has 0 amide bonds. The quantitative estimate of drug-likeness (QED) is 0.606. The van der Waals surface area contributed by atoms with Crippen molar-refractivity contribution in [1.29, 1.82) is 0 Å². The van der Waals surface area contributed by atoms with Gasteiger partial charge in [-0.2, -0.15) is 8.78 Å². The molecule has 2 rings (SSSR count). The number of halogens is 2. The first-order chi connectivity index (χ1) is 11.9. The molecule has 132 valence electrons. The van der Waals surface area contributed by atoms with Crippen LogP contribution in [-0.2, 0) is 0 Å². The molecule has 0 saturated heterocycles. The summed E-state index contributed by atoms with van der Waals surface area (Å²) in [5.74, 6) is -0.484. The standard InChI is InChI=1S/C18H16F2O5/c1-23-15-8-11(9-16(24-2)17(15)25-18(19)20)6-7-14(22)12-4-3-5-13(21)10-12/h3-10,18,21H,1-2H3/b7-6+. The van der Waals surface area contributed by atoms with Crippen molar-refractivity contribution in [3.63, 3.8) is 0 Å². The van der Waals surface area contributed by atoms with Crippen LogP contribution in [-0.4, -0.2) is 31.7 Å². The van der Waals surface area contributed by atoms with Crippen LogP contribution in [0.15, 0.2) is 42.5 Å². The van der Waals surface area contributed by atoms with Gasteiger partial charge in [0.1, 0.15) is 5.75 Å². The number of aromatic hydroxyl groups is 1. The molecule has 2 aromatic carbocycles. The van der Waals surface area contributed by atoms with Crippen molar-refractivity contribution in [3.8, 4) is 23.0 Å². The summed E-state index contributed by atoms with van der Waals surface area (Å²) < 4.78 is 39.5. The van der Waals surface area contributed by atoms with Gasteiger partial charge in [-0.25, -0.2) is 0 Å². The maximum atomic E-state index is 12.5. The Bertz CT molecular complexity index is 762. The Morgan fingerprint density at radius 3 is 2.28 bits per heavy atom. The number of hydrogen-bond acceptors (Lipinski definition) is 5. The highest BCUT2D eigenvalue weighted by atomic mass is 19.3. The minimum atomic E-state index is -3.03. The number of ketones is 1. The van der Waals surface area contributed by atoms with Crippen LogP contribution in [0.5, 0.6) is 23.0 Å². The first-order valence-corrected chi connectivity index (χ1v) is 7.17. The van der Waals surface area contributed by atoms with E-state index in [2.05, 4.69) is 4.74 Å². The Morgan fingerprint density at radius 1 is 1.12 bits per heavy atom. The topological polar surface area (TPSA) is 65.0 Å². The van der Waals surface area contributed by atoms with E-state index in [-0.39, 0.29) is 28.8 Å². The van der Waals surface area contributed by atoms with Crippen LogP contribution in [0.25, 0.3) is 6.08 Å². The summed E-state index contributed by atoms with van der Waals surface area (Å²) in [7, 11) is 2.61. The van der Waals surface area contributed by atoms with Gasteiger partial charge >= 0.3 is 6.61 Å². The highest BCUT2D eigenvalue weighted by Crippen LogP contribution is 2.39. The van der Waals surface area contributed by atoms with Gasteiger partial charge in [0.05, 0.1) is 14.2 Å². The molecule has 0 heterocycles. The normalized spacial score (nSPS) is 10.9. The molecule has 0 bridgehead atoms. The molecule has 0 aliphatic rings. The van der Waals surface area contributed by atoms with E-state index >= 15 is 0 Å². The Kier molecular flexibility index (Phi) is 5.94. The second kappa shape index (κ2) is 8.14. The van der Waals surface area contributed by atoms with Crippen LogP contribution in [0.2, 0.25) is 0 Å². The second-order valence-corrected chi connectivity index (χ2v) is 4.88. The number of benzene rings is 2. The average Bonchev–Trinajstić information content (AvgIpc) is 2.59. The second-order valence-electron chi connectivity index (χ2n) is 4.88. The predicted octanol–water partition coefficient (Wildman–Crippen LogP) is 3.91. The molecule has 5 nitrogen and oxygen atoms in total. The molecule has 2 aromatic rings. The van der Waals surface area contributed by atoms with Crippen molar-refractivity contribution in [3.05, 3.63) is 53.6 Å². The maximum Gasteiger partial charge on any atom is 0.387 e. The molecule has 0 spiro atoms. The van der Waals surface area contributed by atoms with Gasteiger partial charge in [-0.1, -0.05) is 18.2 Å². The SMILES string of the molecule is COc1cc(/C=C/C(=O)c2cccc(O)c2)cc(OC)c1OC(F)F. The number of rotatable bonds is 7. The van der Waals surface area contributed by atoms with Crippen molar-refractivity contribution in [2.75, 3.05) is 14.2 Å². The van der Waals surface area contributed by atoms with E-state index in [1.807, 2.05) is 0 Å². The molecular formula is C18H16F2O5. The Hall–Kier alpha value is -3.09. The first-order valence-electron chi connectivity index (χ1n) is 7.17. The highest BCUT2D eigenvalue weighted by molar-refractivity contribution is 6.07. The van der Waals surface area contributed by atoms with Gasteiger partial charge in [0.25, 0.3) is 0 Å². The molecule has 0 aliphatic carbocycles. The lowest BCUT2D eigenvalue weighted by molar-refractivity contribution is -0.0526. The molecule has 25 heavy (non-hydrogen) atoms. The van der Waals surface area contributed by atoms with Crippen molar-refractivity contribution >= 4 is 11.9 Å². The van der Waals surface area contributed by atoms with E-state index in [0.717, 1.165) is 0 Å². The smallest absolute Gasteiger partial charge is 0.387 e. The fourth-order valence-corrected chi connectivity index (χ4v) is 2.13. The minimum absolute atomic E-state index is 0.0175. The van der Waals surface area contributed by atoms with Crippen LogP contribution in [0, 0.1) is 0 Å². The van der Waals surface area contributed by atoms with E-state index in [0.29, 0.717) is 11.1 Å². The Morgan fingerprint density at radius 2 is 1.76 bits per heavy atom. The predicted molar refractivity (Wildman–Crippen MR) is 87.6 cm³/mol. The van der Waals surface area contributed by atoms with Gasteiger partial charge in [-0.3, -0.25) is 4.79 Å². The number of methoxy groups -OCH3 is 2. The van der Waals surface area contributed by atoms with Gasteiger partial charge in [0.2, 0.25) is 5.75 Å². The van der Waals surface area contributed by atoms with E-state index in [1.54, 1.807) is 12.1 Å². The zero-order valence-electron chi connectivity index (χ0n) is 13.5. The molecule has 1 N–H and O–H groups in total. The average molecular weight is 350 g/mol. The van der Waals surface area contributed by atoms with Gasteiger partial charge < -0.3 is 19.3 Å². The van der Waals surface area contributed by atoms with Crippen molar-refractivity contribution < 1.29 is 32.9 Å². The van der Waals surface area contributed by atoms with Gasteiger partial charge in [-0.15, -0.1) is 0 Å². The molecular weight excluding hydrogens is 334 g/mol. The fraction of sp³-hybridized carbons (Fsp3) is 0.167. The number of phenols is 1. The van der Waals surface area contributed by atoms with E-state index in [9.17, 15) is 18.7 Å². The van der Waals surface area contributed by atoms with Crippen LogP contribution in [0.3, 0.4) is 0 Å². The number of alkyl halides is 2. The summed E-state index contributed by atoms with van der Waals surface area (Å²) >= 11 is 0. The summed E-state index contributed by atoms with van der Waals surface area (Å²) in [5, 5.41) is 9.40. The van der Waals surface area contributed by atoms with Crippen molar-refractivity contribution in [1.82, 2.24) is 0 Å². The number of hydrogen-bond donors (Lipinski definition) is 1. The molecule has 0 radical (unpaired) electrons. The molecule has 0 aliphatic heterocycles. The fourth-order valence-electron chi connectivity index (χ4n) is 2.13. The van der Waals surface area contributed by atoms with Crippen molar-refractivity contribution in [2.45, 2.75) is 6.61 Å². The molecule has 7 heteroatoms. The Labute approximate surface area is 143 Å². The molecule has 0 aromatic heterocycles. The summed E-state index contributed by atoms with van der Waals surface area (Å²) in [4.78, 5) is 12.1. The van der Waals surface area contributed by atoms with Crippen molar-refractivity contribution in [2.24, 2.45) is 0 Å². The number of ether oxygens (including phenoxy) is 3. The number of phenolic OH excluding ortho intramolecular Hbond substituents is 1. The lowest BCUT2D eigenvalue weighted by Gasteiger charge is -2.14. The third kappa shape index (κ3) is 4.69. The first kappa shape index (κ1) is 18.3. The monoisotopic (exact) mass is 350 g/mol. The summed E-state index contributed by atoms with van der Waals surface area (Å²) in [6, 6.07) is 8.79. The largest absolute Gasteiger partial charge is 0.508 e. The summed E-state index contributed by atoms with van der Waals surface area (Å²) in [5.41, 5.74) is 0.802. The third-order valence-electron chi connectivity index (χ3n) is 3.25. The van der Waals surface area contributed by atoms with Gasteiger partial charge in [-0.05, 0) is 35.9 Å². The minimum Gasteiger partial charge on any atom is -0.508 e.